The van der Waals surface area contributed by atoms with E-state index in [0.29, 0.717) is 0 Å². The van der Waals surface area contributed by atoms with Gasteiger partial charge < -0.3 is 10.5 Å². The highest BCUT2D eigenvalue weighted by Crippen LogP contribution is 2.59. The van der Waals surface area contributed by atoms with Crippen molar-refractivity contribution in [3.63, 3.8) is 0 Å². The molecule has 0 amide bonds. The lowest BCUT2D eigenvalue weighted by Gasteiger charge is -2.09. The van der Waals surface area contributed by atoms with Gasteiger partial charge in [0.05, 0.1) is 7.11 Å². The summed E-state index contributed by atoms with van der Waals surface area (Å²) < 4.78 is 18.4. The van der Waals surface area contributed by atoms with Crippen LogP contribution in [0.15, 0.2) is 18.2 Å². The molecule has 82 valence electrons. The third-order valence-corrected chi connectivity index (χ3v) is 3.44. The summed E-state index contributed by atoms with van der Waals surface area (Å²) in [5.41, 5.74) is 6.90. The van der Waals surface area contributed by atoms with Gasteiger partial charge in [0, 0.05) is 17.5 Å². The van der Waals surface area contributed by atoms with Crippen molar-refractivity contribution >= 4 is 0 Å². The van der Waals surface area contributed by atoms with Gasteiger partial charge in [0.15, 0.2) is 0 Å². The van der Waals surface area contributed by atoms with Crippen molar-refractivity contribution in [3.8, 4) is 5.75 Å². The van der Waals surface area contributed by atoms with E-state index >= 15 is 0 Å². The van der Waals surface area contributed by atoms with Gasteiger partial charge in [0.25, 0.3) is 0 Å². The summed E-state index contributed by atoms with van der Waals surface area (Å²) in [7, 11) is 1.59. The summed E-state index contributed by atoms with van der Waals surface area (Å²) in [6, 6.07) is 4.68. The molecule has 0 bridgehead atoms. The van der Waals surface area contributed by atoms with Gasteiger partial charge in [-0.15, -0.1) is 0 Å². The normalized spacial score (nSPS) is 27.5. The Bertz CT molecular complexity index is 389. The van der Waals surface area contributed by atoms with Crippen LogP contribution in [0.1, 0.15) is 25.3 Å². The van der Waals surface area contributed by atoms with Crippen molar-refractivity contribution in [2.45, 2.75) is 25.8 Å². The summed E-state index contributed by atoms with van der Waals surface area (Å²) in [4.78, 5) is 0. The van der Waals surface area contributed by atoms with Gasteiger partial charge in [-0.2, -0.15) is 0 Å². The highest BCUT2D eigenvalue weighted by Gasteiger charge is 2.57. The summed E-state index contributed by atoms with van der Waals surface area (Å²) in [5.74, 6) is 0.686. The highest BCUT2D eigenvalue weighted by atomic mass is 19.1. The number of methoxy groups -OCH3 is 1. The Morgan fingerprint density at radius 1 is 1.40 bits per heavy atom. The van der Waals surface area contributed by atoms with Crippen LogP contribution in [0.25, 0.3) is 0 Å². The average molecular weight is 209 g/mol. The Kier molecular flexibility index (Phi) is 2.23. The van der Waals surface area contributed by atoms with E-state index in [2.05, 4.69) is 13.8 Å². The lowest BCUT2D eigenvalue weighted by Crippen LogP contribution is -2.06. The SMILES string of the molecule is COc1ccc(F)cc1[C@@H]1[C@@H](N)C1(C)C. The zero-order chi connectivity index (χ0) is 11.2. The molecule has 15 heavy (non-hydrogen) atoms. The summed E-state index contributed by atoms with van der Waals surface area (Å²) in [5, 5.41) is 0. The molecule has 2 rings (SSSR count). The molecule has 0 saturated heterocycles. The Morgan fingerprint density at radius 2 is 2.00 bits per heavy atom. The maximum absolute atomic E-state index is 13.2. The van der Waals surface area contributed by atoms with Crippen molar-refractivity contribution in [1.82, 2.24) is 0 Å². The van der Waals surface area contributed by atoms with Crippen LogP contribution < -0.4 is 10.5 Å². The molecule has 2 atom stereocenters. The van der Waals surface area contributed by atoms with Gasteiger partial charge in [-0.3, -0.25) is 0 Å². The molecule has 1 fully saturated rings. The number of hydrogen-bond acceptors (Lipinski definition) is 2. The predicted octanol–water partition coefficient (Wildman–Crippen LogP) is 2.29. The first-order chi connectivity index (χ1) is 6.98. The lowest BCUT2D eigenvalue weighted by molar-refractivity contribution is 0.406. The first kappa shape index (κ1) is 10.4. The summed E-state index contributed by atoms with van der Waals surface area (Å²) >= 11 is 0. The Balaban J connectivity index is 2.40. The maximum atomic E-state index is 13.2. The van der Waals surface area contributed by atoms with Gasteiger partial charge in [-0.1, -0.05) is 13.8 Å². The van der Waals surface area contributed by atoms with Crippen LogP contribution >= 0.6 is 0 Å². The molecular formula is C12H16FNO. The molecule has 2 N–H and O–H groups in total. The monoisotopic (exact) mass is 209 g/mol. The van der Waals surface area contributed by atoms with Gasteiger partial charge >= 0.3 is 0 Å². The van der Waals surface area contributed by atoms with Crippen LogP contribution in [0.5, 0.6) is 5.75 Å². The van der Waals surface area contributed by atoms with E-state index in [1.54, 1.807) is 13.2 Å². The van der Waals surface area contributed by atoms with E-state index in [0.717, 1.165) is 11.3 Å². The van der Waals surface area contributed by atoms with E-state index in [-0.39, 0.29) is 23.2 Å². The second kappa shape index (κ2) is 3.20. The van der Waals surface area contributed by atoms with Crippen molar-refractivity contribution in [2.24, 2.45) is 11.1 Å². The molecule has 0 heterocycles. The van der Waals surface area contributed by atoms with Gasteiger partial charge in [0.1, 0.15) is 11.6 Å². The first-order valence-corrected chi connectivity index (χ1v) is 5.07. The second-order valence-electron chi connectivity index (χ2n) is 4.71. The van der Waals surface area contributed by atoms with E-state index in [1.165, 1.54) is 12.1 Å². The quantitative estimate of drug-likeness (QED) is 0.811. The molecule has 1 saturated carbocycles. The molecule has 2 nitrogen and oxygen atoms in total. The predicted molar refractivity (Wildman–Crippen MR) is 57.4 cm³/mol. The minimum atomic E-state index is -0.235. The first-order valence-electron chi connectivity index (χ1n) is 5.07. The van der Waals surface area contributed by atoms with Crippen molar-refractivity contribution in [3.05, 3.63) is 29.6 Å². The molecule has 3 heteroatoms. The molecule has 0 aromatic heterocycles. The third-order valence-electron chi connectivity index (χ3n) is 3.44. The number of rotatable bonds is 2. The van der Waals surface area contributed by atoms with Crippen molar-refractivity contribution < 1.29 is 9.13 Å². The van der Waals surface area contributed by atoms with Crippen LogP contribution in [-0.4, -0.2) is 13.2 Å². The van der Waals surface area contributed by atoms with Crippen LogP contribution in [0.2, 0.25) is 0 Å². The van der Waals surface area contributed by atoms with E-state index in [4.69, 9.17) is 10.5 Å². The van der Waals surface area contributed by atoms with E-state index < -0.39 is 0 Å². The fraction of sp³-hybridized carbons (Fsp3) is 0.500. The van der Waals surface area contributed by atoms with Crippen molar-refractivity contribution in [1.29, 1.82) is 0 Å². The lowest BCUT2D eigenvalue weighted by atomic mass is 10.0. The van der Waals surface area contributed by atoms with Gasteiger partial charge in [-0.25, -0.2) is 4.39 Å². The summed E-state index contributed by atoms with van der Waals surface area (Å²) in [6.07, 6.45) is 0. The second-order valence-corrected chi connectivity index (χ2v) is 4.71. The third kappa shape index (κ3) is 1.51. The molecular weight excluding hydrogens is 193 g/mol. The minimum Gasteiger partial charge on any atom is -0.496 e. The number of benzene rings is 1. The number of halogens is 1. The highest BCUT2D eigenvalue weighted by molar-refractivity contribution is 5.44. The van der Waals surface area contributed by atoms with Crippen molar-refractivity contribution in [2.75, 3.05) is 7.11 Å². The molecule has 0 unspecified atom stereocenters. The molecule has 1 aromatic carbocycles. The van der Waals surface area contributed by atoms with Crippen LogP contribution in [0.3, 0.4) is 0 Å². The Morgan fingerprint density at radius 3 is 2.47 bits per heavy atom. The van der Waals surface area contributed by atoms with Crippen LogP contribution in [0, 0.1) is 11.2 Å². The minimum absolute atomic E-state index is 0.0427. The number of hydrogen-bond donors (Lipinski definition) is 1. The summed E-state index contributed by atoms with van der Waals surface area (Å²) in [6.45, 7) is 4.18. The molecule has 1 aromatic rings. The Hall–Kier alpha value is -1.09. The smallest absolute Gasteiger partial charge is 0.123 e. The molecule has 0 aliphatic heterocycles. The topological polar surface area (TPSA) is 35.2 Å². The zero-order valence-corrected chi connectivity index (χ0v) is 9.25. The maximum Gasteiger partial charge on any atom is 0.123 e. The molecule has 1 aliphatic carbocycles. The number of nitrogens with two attached hydrogens (primary N) is 1. The molecule has 1 aliphatic rings. The largest absolute Gasteiger partial charge is 0.496 e. The fourth-order valence-corrected chi connectivity index (χ4v) is 2.22. The number of ether oxygens (including phenoxy) is 1. The van der Waals surface area contributed by atoms with E-state index in [1.807, 2.05) is 0 Å². The zero-order valence-electron chi connectivity index (χ0n) is 9.25. The molecule has 0 spiro atoms. The van der Waals surface area contributed by atoms with Gasteiger partial charge in [-0.05, 0) is 23.6 Å². The van der Waals surface area contributed by atoms with Crippen LogP contribution in [-0.2, 0) is 0 Å². The van der Waals surface area contributed by atoms with Crippen LogP contribution in [0.4, 0.5) is 4.39 Å². The molecule has 0 radical (unpaired) electrons. The van der Waals surface area contributed by atoms with E-state index in [9.17, 15) is 4.39 Å². The van der Waals surface area contributed by atoms with Gasteiger partial charge in [0.2, 0.25) is 0 Å². The average Bonchev–Trinajstić information content (AvgIpc) is 2.66. The fourth-order valence-electron chi connectivity index (χ4n) is 2.22. The Labute approximate surface area is 89.2 Å². The standard InChI is InChI=1S/C12H16FNO/c1-12(2)10(11(12)14)8-6-7(13)4-5-9(8)15-3/h4-6,10-11H,14H2,1-3H3/t10-,11-/m1/s1.